The summed E-state index contributed by atoms with van der Waals surface area (Å²) in [5.41, 5.74) is 5.28. The fourth-order valence-corrected chi connectivity index (χ4v) is 2.09. The number of ether oxygens (including phenoxy) is 2. The summed E-state index contributed by atoms with van der Waals surface area (Å²) in [6.45, 7) is 14.1. The fraction of sp³-hybridized carbons (Fsp3) is 0.765. The van der Waals surface area contributed by atoms with E-state index < -0.39 is 0 Å². The van der Waals surface area contributed by atoms with Gasteiger partial charge in [-0.1, -0.05) is 44.9 Å². The Kier molecular flexibility index (Phi) is 26.4. The Labute approximate surface area is 152 Å². The summed E-state index contributed by atoms with van der Waals surface area (Å²) in [6, 6.07) is 4.04. The molecule has 6 heteroatoms. The molecular weight excluding hydrogens is 328 g/mol. The van der Waals surface area contributed by atoms with E-state index in [0.29, 0.717) is 11.3 Å². The topological polar surface area (TPSA) is 56.5 Å². The monoisotopic (exact) mass is 366 g/mol. The zero-order valence-electron chi connectivity index (χ0n) is 16.2. The molecule has 1 rings (SSSR count). The van der Waals surface area contributed by atoms with Gasteiger partial charge in [-0.2, -0.15) is 11.3 Å². The molecule has 1 aromatic rings. The summed E-state index contributed by atoms with van der Waals surface area (Å²) in [5.74, 6) is 0. The van der Waals surface area contributed by atoms with Crippen LogP contribution < -0.4 is 10.5 Å². The molecule has 0 saturated carbocycles. The molecule has 1 aromatic heterocycles. The quantitative estimate of drug-likeness (QED) is 0.431. The Hall–Kier alpha value is -0.110. The second-order valence-corrected chi connectivity index (χ2v) is 7.53. The molecule has 0 aliphatic heterocycles. The van der Waals surface area contributed by atoms with Crippen molar-refractivity contribution < 1.29 is 9.47 Å². The van der Waals surface area contributed by atoms with Crippen molar-refractivity contribution in [1.29, 1.82) is 0 Å². The standard InChI is InChI=1S/C6H16N2S.C5H12O2.C4H4S.C2H6/c1-6(2,3)9-8-5-4-7;1-4-5(6-2)7-3;1-2-4-5-3-1;1-2/h8H,4-5,7H2,1-3H3;5H,4H2,1-3H3;1-4H;1-2H3. The van der Waals surface area contributed by atoms with Crippen molar-refractivity contribution in [2.75, 3.05) is 27.3 Å². The molecule has 1 heterocycles. The van der Waals surface area contributed by atoms with Crippen molar-refractivity contribution in [3.8, 4) is 0 Å². The Morgan fingerprint density at radius 2 is 1.61 bits per heavy atom. The molecule has 0 radical (unpaired) electrons. The van der Waals surface area contributed by atoms with Crippen molar-refractivity contribution in [2.24, 2.45) is 5.73 Å². The summed E-state index contributed by atoms with van der Waals surface area (Å²) in [6.07, 6.45) is 0.896. The van der Waals surface area contributed by atoms with Crippen LogP contribution >= 0.6 is 23.3 Å². The third-order valence-corrected chi connectivity index (χ3v) is 3.50. The molecule has 3 N–H and O–H groups in total. The lowest BCUT2D eigenvalue weighted by Gasteiger charge is -2.16. The maximum absolute atomic E-state index is 5.28. The third kappa shape index (κ3) is 30.4. The summed E-state index contributed by atoms with van der Waals surface area (Å²) >= 11 is 3.44. The molecule has 0 aliphatic carbocycles. The van der Waals surface area contributed by atoms with Crippen LogP contribution in [0.2, 0.25) is 0 Å². The molecule has 0 aliphatic rings. The van der Waals surface area contributed by atoms with Gasteiger partial charge in [0.15, 0.2) is 6.29 Å². The molecule has 0 bridgehead atoms. The predicted molar refractivity (Wildman–Crippen MR) is 108 cm³/mol. The summed E-state index contributed by atoms with van der Waals surface area (Å²) in [5, 5.41) is 4.08. The van der Waals surface area contributed by atoms with E-state index in [2.05, 4.69) is 25.5 Å². The van der Waals surface area contributed by atoms with Gasteiger partial charge in [0.1, 0.15) is 0 Å². The third-order valence-electron chi connectivity index (χ3n) is 1.91. The summed E-state index contributed by atoms with van der Waals surface area (Å²) in [7, 11) is 3.27. The molecule has 0 fully saturated rings. The van der Waals surface area contributed by atoms with Gasteiger partial charge in [-0.05, 0) is 38.0 Å². The van der Waals surface area contributed by atoms with E-state index in [1.54, 1.807) is 37.5 Å². The highest BCUT2D eigenvalue weighted by Crippen LogP contribution is 2.18. The van der Waals surface area contributed by atoms with Gasteiger partial charge in [-0.25, -0.2) is 0 Å². The number of rotatable bonds is 6. The van der Waals surface area contributed by atoms with Crippen LogP contribution in [-0.4, -0.2) is 38.3 Å². The van der Waals surface area contributed by atoms with Gasteiger partial charge in [0.05, 0.1) is 0 Å². The molecule has 0 saturated heterocycles. The lowest BCUT2D eigenvalue weighted by molar-refractivity contribution is -0.103. The van der Waals surface area contributed by atoms with Gasteiger partial charge in [0.25, 0.3) is 0 Å². The molecule has 0 unspecified atom stereocenters. The van der Waals surface area contributed by atoms with E-state index in [4.69, 9.17) is 15.2 Å². The summed E-state index contributed by atoms with van der Waals surface area (Å²) < 4.78 is 13.1. The van der Waals surface area contributed by atoms with E-state index in [1.165, 1.54) is 0 Å². The largest absolute Gasteiger partial charge is 0.356 e. The van der Waals surface area contributed by atoms with Crippen LogP contribution in [0.25, 0.3) is 0 Å². The SMILES string of the molecule is CC.CC(C)(C)SNCCN.CCC(OC)OC.c1ccsc1. The van der Waals surface area contributed by atoms with Crippen molar-refractivity contribution in [3.63, 3.8) is 0 Å². The first-order valence-corrected chi connectivity index (χ1v) is 9.80. The Balaban J connectivity index is -0.000000254. The van der Waals surface area contributed by atoms with Gasteiger partial charge >= 0.3 is 0 Å². The Morgan fingerprint density at radius 3 is 1.78 bits per heavy atom. The van der Waals surface area contributed by atoms with Crippen LogP contribution in [-0.2, 0) is 9.47 Å². The number of nitrogens with two attached hydrogens (primary N) is 1. The lowest BCUT2D eigenvalue weighted by atomic mass is 10.3. The Morgan fingerprint density at radius 1 is 1.13 bits per heavy atom. The molecule has 0 spiro atoms. The molecule has 0 aromatic carbocycles. The second kappa shape index (κ2) is 21.9. The zero-order chi connectivity index (χ0) is 18.6. The predicted octanol–water partition coefficient (Wildman–Crippen LogP) is 4.77. The van der Waals surface area contributed by atoms with E-state index in [9.17, 15) is 0 Å². The first-order valence-electron chi connectivity index (χ1n) is 8.04. The lowest BCUT2D eigenvalue weighted by Crippen LogP contribution is -2.22. The number of nitrogens with one attached hydrogen (secondary N) is 1. The highest BCUT2D eigenvalue weighted by molar-refractivity contribution is 7.98. The molecular formula is C17H38N2O2S2. The van der Waals surface area contributed by atoms with Gasteiger partial charge in [-0.3, -0.25) is 4.72 Å². The molecule has 0 amide bonds. The number of methoxy groups -OCH3 is 2. The van der Waals surface area contributed by atoms with E-state index in [-0.39, 0.29) is 6.29 Å². The van der Waals surface area contributed by atoms with Crippen LogP contribution in [0, 0.1) is 0 Å². The zero-order valence-corrected chi connectivity index (χ0v) is 17.9. The highest BCUT2D eigenvalue weighted by atomic mass is 32.2. The van der Waals surface area contributed by atoms with Gasteiger partial charge in [-0.15, -0.1) is 0 Å². The molecule has 140 valence electrons. The highest BCUT2D eigenvalue weighted by Gasteiger charge is 2.08. The van der Waals surface area contributed by atoms with Crippen molar-refractivity contribution in [2.45, 2.75) is 59.0 Å². The first-order chi connectivity index (χ1) is 10.9. The van der Waals surface area contributed by atoms with Crippen LogP contribution in [0.3, 0.4) is 0 Å². The minimum atomic E-state index is -0.0139. The first kappa shape index (κ1) is 27.7. The number of thiophene rings is 1. The van der Waals surface area contributed by atoms with Crippen molar-refractivity contribution >= 4 is 23.3 Å². The number of hydrogen-bond acceptors (Lipinski definition) is 6. The maximum atomic E-state index is 5.28. The molecule has 4 nitrogen and oxygen atoms in total. The Bertz CT molecular complexity index is 252. The van der Waals surface area contributed by atoms with Gasteiger partial charge in [0, 0.05) is 32.1 Å². The average molecular weight is 367 g/mol. The van der Waals surface area contributed by atoms with Crippen LogP contribution in [0.1, 0.15) is 48.0 Å². The second-order valence-electron chi connectivity index (χ2n) is 5.00. The molecule has 23 heavy (non-hydrogen) atoms. The van der Waals surface area contributed by atoms with Crippen LogP contribution in [0.15, 0.2) is 22.9 Å². The van der Waals surface area contributed by atoms with Crippen LogP contribution in [0.5, 0.6) is 0 Å². The van der Waals surface area contributed by atoms with E-state index in [1.807, 2.05) is 43.7 Å². The van der Waals surface area contributed by atoms with Crippen molar-refractivity contribution in [1.82, 2.24) is 4.72 Å². The van der Waals surface area contributed by atoms with E-state index in [0.717, 1.165) is 13.0 Å². The van der Waals surface area contributed by atoms with E-state index >= 15 is 0 Å². The van der Waals surface area contributed by atoms with Crippen LogP contribution in [0.4, 0.5) is 0 Å². The minimum Gasteiger partial charge on any atom is -0.356 e. The average Bonchev–Trinajstić information content (AvgIpc) is 3.10. The summed E-state index contributed by atoms with van der Waals surface area (Å²) in [4.78, 5) is 0. The van der Waals surface area contributed by atoms with Gasteiger partial charge in [0.2, 0.25) is 0 Å². The van der Waals surface area contributed by atoms with Gasteiger partial charge < -0.3 is 15.2 Å². The molecule has 0 atom stereocenters. The fourth-order valence-electron chi connectivity index (χ4n) is 0.983. The maximum Gasteiger partial charge on any atom is 0.156 e. The minimum absolute atomic E-state index is 0.0139. The smallest absolute Gasteiger partial charge is 0.156 e. The number of hydrogen-bond donors (Lipinski definition) is 2. The van der Waals surface area contributed by atoms with Crippen molar-refractivity contribution in [3.05, 3.63) is 22.9 Å². The normalized spacial score (nSPS) is 9.83.